The Morgan fingerprint density at radius 1 is 0.583 bits per heavy atom. The van der Waals surface area contributed by atoms with Gasteiger partial charge in [0, 0.05) is 25.7 Å². The fourth-order valence-electron chi connectivity index (χ4n) is 5.38. The first-order chi connectivity index (χ1) is 22.6. The number of nitrogens with zero attached hydrogens (tertiary/aromatic N) is 1. The Labute approximate surface area is 288 Å². The van der Waals surface area contributed by atoms with Gasteiger partial charge in [0.15, 0.2) is 0 Å². The van der Waals surface area contributed by atoms with Crippen LogP contribution in [0.1, 0.15) is 183 Å². The van der Waals surface area contributed by atoms with Crippen LogP contribution < -0.4 is 5.32 Å². The van der Waals surface area contributed by atoms with Gasteiger partial charge in [-0.3, -0.25) is 19.2 Å². The monoisotopic (exact) mass is 680 g/mol. The first-order valence-electron chi connectivity index (χ1n) is 18.4. The average molecular weight is 681 g/mol. The van der Waals surface area contributed by atoms with E-state index in [0.717, 1.165) is 32.1 Å². The van der Waals surface area contributed by atoms with Crippen molar-refractivity contribution in [1.82, 2.24) is 10.4 Å². The number of carbonyl (C=O) groups excluding carboxylic acids is 6. The van der Waals surface area contributed by atoms with E-state index < -0.39 is 41.0 Å². The number of hydrogen-bond acceptors (Lipinski definition) is 9. The molecule has 1 aliphatic rings. The Balaban J connectivity index is 2.09. The molecule has 0 aliphatic carbocycles. The van der Waals surface area contributed by atoms with Crippen LogP contribution in [-0.2, 0) is 43.1 Å². The minimum Gasteiger partial charge on any atom is -0.460 e. The molecule has 0 aromatic carbocycles. The Hall–Kier alpha value is -2.98. The second kappa shape index (κ2) is 23.4. The number of carbonyl (C=O) groups is 6. The highest BCUT2D eigenvalue weighted by atomic mass is 16.7. The molecule has 1 aliphatic heterocycles. The summed E-state index contributed by atoms with van der Waals surface area (Å²) in [5.41, 5.74) is -1.17. The fourth-order valence-corrected chi connectivity index (χ4v) is 5.38. The molecule has 0 unspecified atom stereocenters. The fraction of sp³-hybridized carbons (Fsp3) is 0.838. The Kier molecular flexibility index (Phi) is 21.0. The zero-order valence-electron chi connectivity index (χ0n) is 30.8. The van der Waals surface area contributed by atoms with Crippen LogP contribution in [0.4, 0.5) is 0 Å². The SMILES string of the molecule is CC(C)(C)OC(=O)CCCCCCCCCCCCCCCCCCC(=O)N[C@@H](CCC(=O)ON1C(=O)CCC1=O)C(=O)OC(C)(C)C. The lowest BCUT2D eigenvalue weighted by Gasteiger charge is -2.24. The van der Waals surface area contributed by atoms with Gasteiger partial charge in [-0.15, -0.1) is 5.06 Å². The predicted molar refractivity (Wildman–Crippen MR) is 183 cm³/mol. The number of amides is 3. The van der Waals surface area contributed by atoms with E-state index in [1.165, 1.54) is 64.2 Å². The number of ether oxygens (including phenoxy) is 2. The maximum atomic E-state index is 12.7. The lowest BCUT2D eigenvalue weighted by Crippen LogP contribution is -2.44. The van der Waals surface area contributed by atoms with Gasteiger partial charge >= 0.3 is 17.9 Å². The Morgan fingerprint density at radius 2 is 0.979 bits per heavy atom. The van der Waals surface area contributed by atoms with Crippen LogP contribution in [0.15, 0.2) is 0 Å². The van der Waals surface area contributed by atoms with Crippen LogP contribution in [-0.4, -0.2) is 57.9 Å². The number of hydrogen-bond donors (Lipinski definition) is 1. The third kappa shape index (κ3) is 22.6. The van der Waals surface area contributed by atoms with Crippen LogP contribution in [0.3, 0.4) is 0 Å². The molecule has 0 spiro atoms. The second-order valence-corrected chi connectivity index (χ2v) is 15.0. The molecule has 276 valence electrons. The van der Waals surface area contributed by atoms with E-state index in [9.17, 15) is 28.8 Å². The first kappa shape index (κ1) is 43.0. The molecule has 1 heterocycles. The van der Waals surface area contributed by atoms with Gasteiger partial charge in [-0.2, -0.15) is 0 Å². The van der Waals surface area contributed by atoms with E-state index in [1.807, 2.05) is 20.8 Å². The van der Waals surface area contributed by atoms with Crippen LogP contribution in [0, 0.1) is 0 Å². The van der Waals surface area contributed by atoms with E-state index in [1.54, 1.807) is 20.8 Å². The topological polar surface area (TPSA) is 145 Å². The molecule has 48 heavy (non-hydrogen) atoms. The second-order valence-electron chi connectivity index (χ2n) is 15.0. The molecule has 1 fully saturated rings. The van der Waals surface area contributed by atoms with Crippen molar-refractivity contribution in [3.63, 3.8) is 0 Å². The quantitative estimate of drug-likeness (QED) is 0.0586. The molecule has 0 saturated carbocycles. The maximum Gasteiger partial charge on any atom is 0.333 e. The average Bonchev–Trinajstić information content (AvgIpc) is 3.28. The zero-order chi connectivity index (χ0) is 36.0. The van der Waals surface area contributed by atoms with Crippen LogP contribution in [0.5, 0.6) is 0 Å². The minimum absolute atomic E-state index is 0.00705. The maximum absolute atomic E-state index is 12.7. The molecule has 0 bridgehead atoms. The number of imide groups is 1. The van der Waals surface area contributed by atoms with Gasteiger partial charge in [-0.25, -0.2) is 9.59 Å². The van der Waals surface area contributed by atoms with E-state index in [-0.39, 0.29) is 44.0 Å². The molecule has 11 heteroatoms. The van der Waals surface area contributed by atoms with Gasteiger partial charge in [0.2, 0.25) is 5.91 Å². The molecule has 1 atom stereocenters. The molecule has 0 aromatic heterocycles. The molecule has 1 N–H and O–H groups in total. The molecule has 1 rings (SSSR count). The molecule has 11 nitrogen and oxygen atoms in total. The van der Waals surface area contributed by atoms with Gasteiger partial charge in [-0.1, -0.05) is 89.9 Å². The highest BCUT2D eigenvalue weighted by molar-refractivity contribution is 6.01. The van der Waals surface area contributed by atoms with Crippen molar-refractivity contribution >= 4 is 35.6 Å². The van der Waals surface area contributed by atoms with Crippen molar-refractivity contribution in [2.75, 3.05) is 0 Å². The van der Waals surface area contributed by atoms with Crippen molar-refractivity contribution in [1.29, 1.82) is 0 Å². The zero-order valence-corrected chi connectivity index (χ0v) is 30.8. The smallest absolute Gasteiger partial charge is 0.333 e. The van der Waals surface area contributed by atoms with Gasteiger partial charge in [0.1, 0.15) is 17.2 Å². The van der Waals surface area contributed by atoms with Crippen LogP contribution >= 0.6 is 0 Å². The molecule has 1 saturated heterocycles. The molecule has 0 aromatic rings. The summed E-state index contributed by atoms with van der Waals surface area (Å²) in [4.78, 5) is 77.5. The van der Waals surface area contributed by atoms with Gasteiger partial charge < -0.3 is 19.6 Å². The third-order valence-corrected chi connectivity index (χ3v) is 7.82. The van der Waals surface area contributed by atoms with E-state index in [0.29, 0.717) is 17.9 Å². The summed E-state index contributed by atoms with van der Waals surface area (Å²) in [5, 5.41) is 3.15. The molecular formula is C37H64N2O9. The summed E-state index contributed by atoms with van der Waals surface area (Å²) >= 11 is 0. The highest BCUT2D eigenvalue weighted by Crippen LogP contribution is 2.17. The third-order valence-electron chi connectivity index (χ3n) is 7.82. The lowest BCUT2D eigenvalue weighted by atomic mass is 10.0. The molecule has 0 radical (unpaired) electrons. The summed E-state index contributed by atoms with van der Waals surface area (Å²) in [6, 6.07) is -1.04. The summed E-state index contributed by atoms with van der Waals surface area (Å²) in [5.74, 6) is -3.03. The van der Waals surface area contributed by atoms with Crippen molar-refractivity contribution in [2.24, 2.45) is 0 Å². The highest BCUT2D eigenvalue weighted by Gasteiger charge is 2.34. The van der Waals surface area contributed by atoms with E-state index >= 15 is 0 Å². The number of rotatable bonds is 25. The molecular weight excluding hydrogens is 616 g/mol. The summed E-state index contributed by atoms with van der Waals surface area (Å²) in [6.45, 7) is 10.8. The summed E-state index contributed by atoms with van der Waals surface area (Å²) in [7, 11) is 0. The first-order valence-corrected chi connectivity index (χ1v) is 18.4. The lowest BCUT2D eigenvalue weighted by molar-refractivity contribution is -0.197. The van der Waals surface area contributed by atoms with Crippen molar-refractivity contribution in [2.45, 2.75) is 200 Å². The predicted octanol–water partition coefficient (Wildman–Crippen LogP) is 7.56. The number of hydroxylamine groups is 2. The van der Waals surface area contributed by atoms with Crippen molar-refractivity contribution in [3.8, 4) is 0 Å². The normalized spacial score (nSPS) is 14.2. The standard InChI is InChI=1S/C37H64N2O9/c1-36(2,3)46-33(43)24-22-20-18-16-14-12-10-8-7-9-11-13-15-17-19-21-23-30(40)38-29(35(45)47-37(4,5)6)25-28-34(44)48-39-31(41)26-27-32(39)42/h29H,7-28H2,1-6H3,(H,38,40)/t29-/m0/s1. The van der Waals surface area contributed by atoms with E-state index in [4.69, 9.17) is 14.3 Å². The van der Waals surface area contributed by atoms with E-state index in [2.05, 4.69) is 5.32 Å². The number of esters is 2. The minimum atomic E-state index is -1.04. The number of unbranched alkanes of at least 4 members (excludes halogenated alkanes) is 15. The van der Waals surface area contributed by atoms with Crippen LogP contribution in [0.2, 0.25) is 0 Å². The van der Waals surface area contributed by atoms with Gasteiger partial charge in [0.25, 0.3) is 11.8 Å². The van der Waals surface area contributed by atoms with Crippen molar-refractivity contribution in [3.05, 3.63) is 0 Å². The molecule has 3 amide bonds. The van der Waals surface area contributed by atoms with Crippen LogP contribution in [0.25, 0.3) is 0 Å². The number of nitrogens with one attached hydrogen (secondary N) is 1. The van der Waals surface area contributed by atoms with Crippen molar-refractivity contribution < 1.29 is 43.1 Å². The van der Waals surface area contributed by atoms with Gasteiger partial charge in [-0.05, 0) is 60.8 Å². The largest absolute Gasteiger partial charge is 0.460 e. The van der Waals surface area contributed by atoms with Gasteiger partial charge in [0.05, 0.1) is 6.42 Å². The Morgan fingerprint density at radius 3 is 1.40 bits per heavy atom. The summed E-state index contributed by atoms with van der Waals surface area (Å²) < 4.78 is 10.8. The summed E-state index contributed by atoms with van der Waals surface area (Å²) in [6.07, 6.45) is 18.8. The Bertz CT molecular complexity index is 997.